The first-order valence-corrected chi connectivity index (χ1v) is 12.1. The molecule has 0 fully saturated rings. The Bertz CT molecular complexity index is 1090. The molecule has 1 aliphatic heterocycles. The second-order valence-electron chi connectivity index (χ2n) is 8.86. The van der Waals surface area contributed by atoms with Crippen molar-refractivity contribution < 1.29 is 33.3 Å². The molecule has 0 radical (unpaired) electrons. The Hall–Kier alpha value is -3.62. The number of carbonyl (C=O) groups is 2. The van der Waals surface area contributed by atoms with Gasteiger partial charge in [-0.25, -0.2) is 4.79 Å². The van der Waals surface area contributed by atoms with Gasteiger partial charge >= 0.3 is 6.09 Å². The van der Waals surface area contributed by atoms with Crippen LogP contribution in [-0.4, -0.2) is 58.6 Å². The van der Waals surface area contributed by atoms with E-state index in [2.05, 4.69) is 5.32 Å². The molecule has 9 nitrogen and oxygen atoms in total. The van der Waals surface area contributed by atoms with Crippen molar-refractivity contribution in [2.24, 2.45) is 0 Å². The van der Waals surface area contributed by atoms with Crippen molar-refractivity contribution in [2.75, 3.05) is 39.4 Å². The van der Waals surface area contributed by atoms with Gasteiger partial charge in [-0.15, -0.1) is 0 Å². The van der Waals surface area contributed by atoms with Gasteiger partial charge < -0.3 is 29.0 Å². The molecular formula is C27H36N2O7. The molecule has 0 aromatic heterocycles. The lowest BCUT2D eigenvalue weighted by Gasteiger charge is -2.39. The van der Waals surface area contributed by atoms with E-state index in [0.29, 0.717) is 47.2 Å². The molecule has 0 spiro atoms. The van der Waals surface area contributed by atoms with E-state index in [0.717, 1.165) is 5.56 Å². The largest absolute Gasteiger partial charge is 0.493 e. The van der Waals surface area contributed by atoms with Gasteiger partial charge in [-0.3, -0.25) is 9.69 Å². The van der Waals surface area contributed by atoms with Crippen molar-refractivity contribution in [1.29, 1.82) is 0 Å². The quantitative estimate of drug-likeness (QED) is 0.530. The van der Waals surface area contributed by atoms with Gasteiger partial charge in [-0.2, -0.15) is 0 Å². The van der Waals surface area contributed by atoms with Gasteiger partial charge in [-0.05, 0) is 63.9 Å². The summed E-state index contributed by atoms with van der Waals surface area (Å²) in [5.74, 6) is 1.85. The third-order valence-electron chi connectivity index (χ3n) is 6.06. The number of nitrogens with zero attached hydrogens (tertiary/aromatic N) is 1. The summed E-state index contributed by atoms with van der Waals surface area (Å²) in [6.07, 6.45) is 0.148. The van der Waals surface area contributed by atoms with Crippen LogP contribution in [0.15, 0.2) is 30.3 Å². The van der Waals surface area contributed by atoms with Crippen LogP contribution in [0.5, 0.6) is 23.0 Å². The lowest BCUT2D eigenvalue weighted by Crippen LogP contribution is -2.45. The monoisotopic (exact) mass is 500 g/mol. The Morgan fingerprint density at radius 1 is 1.00 bits per heavy atom. The molecular weight excluding hydrogens is 464 g/mol. The lowest BCUT2D eigenvalue weighted by molar-refractivity contribution is 0.0948. The van der Waals surface area contributed by atoms with Crippen LogP contribution in [0.25, 0.3) is 0 Å². The summed E-state index contributed by atoms with van der Waals surface area (Å²) >= 11 is 0. The molecule has 0 bridgehead atoms. The predicted octanol–water partition coefficient (Wildman–Crippen LogP) is 4.77. The van der Waals surface area contributed by atoms with Crippen LogP contribution in [0, 0.1) is 0 Å². The van der Waals surface area contributed by atoms with E-state index in [-0.39, 0.29) is 30.6 Å². The van der Waals surface area contributed by atoms with Crippen LogP contribution in [0.4, 0.5) is 10.5 Å². The average Bonchev–Trinajstić information content (AvgIpc) is 2.85. The lowest BCUT2D eigenvalue weighted by atomic mass is 9.85. The number of anilines is 1. The molecule has 196 valence electrons. The van der Waals surface area contributed by atoms with Crippen molar-refractivity contribution in [1.82, 2.24) is 5.32 Å². The second-order valence-corrected chi connectivity index (χ2v) is 8.86. The van der Waals surface area contributed by atoms with Crippen molar-refractivity contribution in [3.05, 3.63) is 41.5 Å². The molecule has 0 saturated heterocycles. The highest BCUT2D eigenvalue weighted by Crippen LogP contribution is 2.44. The minimum absolute atomic E-state index is 0.0611. The number of hydrogen-bond donors (Lipinski definition) is 1. The van der Waals surface area contributed by atoms with Crippen LogP contribution < -0.4 is 29.2 Å². The summed E-state index contributed by atoms with van der Waals surface area (Å²) in [6, 6.07) is 8.61. The maximum Gasteiger partial charge on any atom is 0.414 e. The molecule has 0 aliphatic carbocycles. The van der Waals surface area contributed by atoms with E-state index in [4.69, 9.17) is 23.7 Å². The molecule has 2 amide bonds. The molecule has 36 heavy (non-hydrogen) atoms. The Kier molecular flexibility index (Phi) is 8.90. The molecule has 1 heterocycles. The van der Waals surface area contributed by atoms with Gasteiger partial charge in [0, 0.05) is 30.1 Å². The summed E-state index contributed by atoms with van der Waals surface area (Å²) in [6.45, 7) is 8.21. The first kappa shape index (κ1) is 27.0. The molecule has 3 rings (SSSR count). The number of benzene rings is 2. The number of methoxy groups -OCH3 is 3. The minimum Gasteiger partial charge on any atom is -0.493 e. The molecule has 2 atom stereocenters. The van der Waals surface area contributed by atoms with Crippen molar-refractivity contribution in [2.45, 2.75) is 52.2 Å². The average molecular weight is 501 g/mol. The van der Waals surface area contributed by atoms with Gasteiger partial charge in [0.15, 0.2) is 23.0 Å². The van der Waals surface area contributed by atoms with Gasteiger partial charge in [-0.1, -0.05) is 0 Å². The smallest absolute Gasteiger partial charge is 0.414 e. The van der Waals surface area contributed by atoms with Crippen molar-refractivity contribution in [3.8, 4) is 23.0 Å². The van der Waals surface area contributed by atoms with E-state index in [1.54, 1.807) is 57.4 Å². The van der Waals surface area contributed by atoms with E-state index in [9.17, 15) is 9.59 Å². The topological polar surface area (TPSA) is 95.6 Å². The van der Waals surface area contributed by atoms with Gasteiger partial charge in [0.2, 0.25) is 0 Å². The molecule has 2 aromatic carbocycles. The van der Waals surface area contributed by atoms with Gasteiger partial charge in [0.05, 0.1) is 39.7 Å². The van der Waals surface area contributed by atoms with E-state index < -0.39 is 6.09 Å². The van der Waals surface area contributed by atoms with Gasteiger partial charge in [0.1, 0.15) is 0 Å². The summed E-state index contributed by atoms with van der Waals surface area (Å²) in [7, 11) is 4.68. The molecule has 9 heteroatoms. The Labute approximate surface area is 212 Å². The molecule has 1 aliphatic rings. The summed E-state index contributed by atoms with van der Waals surface area (Å²) in [5.41, 5.74) is 2.02. The van der Waals surface area contributed by atoms with Crippen LogP contribution >= 0.6 is 0 Å². The fraction of sp³-hybridized carbons (Fsp3) is 0.481. The SMILES string of the molecule is CCOC(=O)N1c2cc(OC)c(OC)cc2C(CNC(=O)c2ccc(OC)c(OC(C)C)c2)CC1C. The van der Waals surface area contributed by atoms with Crippen molar-refractivity contribution in [3.63, 3.8) is 0 Å². The zero-order chi connectivity index (χ0) is 26.4. The van der Waals surface area contributed by atoms with Crippen molar-refractivity contribution >= 4 is 17.7 Å². The highest BCUT2D eigenvalue weighted by Gasteiger charge is 2.36. The Morgan fingerprint density at radius 3 is 2.28 bits per heavy atom. The summed E-state index contributed by atoms with van der Waals surface area (Å²) < 4.78 is 27.5. The van der Waals surface area contributed by atoms with E-state index in [1.165, 1.54) is 0 Å². The van der Waals surface area contributed by atoms with Gasteiger partial charge in [0.25, 0.3) is 5.91 Å². The fourth-order valence-electron chi connectivity index (χ4n) is 4.45. The molecule has 0 saturated carbocycles. The Morgan fingerprint density at radius 2 is 1.67 bits per heavy atom. The fourth-order valence-corrected chi connectivity index (χ4v) is 4.45. The first-order chi connectivity index (χ1) is 17.2. The molecule has 2 unspecified atom stereocenters. The molecule has 1 N–H and O–H groups in total. The third-order valence-corrected chi connectivity index (χ3v) is 6.06. The normalized spacial score (nSPS) is 16.7. The van der Waals surface area contributed by atoms with Crippen LogP contribution in [-0.2, 0) is 4.74 Å². The van der Waals surface area contributed by atoms with E-state index in [1.807, 2.05) is 26.8 Å². The Balaban J connectivity index is 1.88. The number of ether oxygens (including phenoxy) is 5. The highest BCUT2D eigenvalue weighted by atomic mass is 16.6. The third kappa shape index (κ3) is 5.78. The summed E-state index contributed by atoms with van der Waals surface area (Å²) in [5, 5.41) is 3.04. The number of rotatable bonds is 9. The first-order valence-electron chi connectivity index (χ1n) is 12.1. The maximum atomic E-state index is 13.1. The maximum absolute atomic E-state index is 13.1. The van der Waals surface area contributed by atoms with E-state index >= 15 is 0 Å². The number of carbonyl (C=O) groups excluding carboxylic acids is 2. The second kappa shape index (κ2) is 11.9. The number of amides is 2. The zero-order valence-electron chi connectivity index (χ0n) is 22.0. The number of nitrogens with one attached hydrogen (secondary N) is 1. The minimum atomic E-state index is -0.420. The molecule has 2 aromatic rings. The highest BCUT2D eigenvalue weighted by molar-refractivity contribution is 5.95. The number of fused-ring (bicyclic) bond motifs is 1. The van der Waals surface area contributed by atoms with Crippen LogP contribution in [0.2, 0.25) is 0 Å². The predicted molar refractivity (Wildman–Crippen MR) is 137 cm³/mol. The van der Waals surface area contributed by atoms with Crippen LogP contribution in [0.1, 0.15) is 56.0 Å². The number of hydrogen-bond acceptors (Lipinski definition) is 7. The van der Waals surface area contributed by atoms with Crippen LogP contribution in [0.3, 0.4) is 0 Å². The zero-order valence-corrected chi connectivity index (χ0v) is 22.0. The standard InChI is InChI=1S/C27H36N2O7/c1-8-35-27(31)29-17(4)11-19(20-13-23(33-6)24(34-7)14-21(20)29)15-28-26(30)18-9-10-22(32-5)25(12-18)36-16(2)3/h9-10,12-14,16-17,19H,8,11,15H2,1-7H3,(H,28,30). The summed E-state index contributed by atoms with van der Waals surface area (Å²) in [4.78, 5) is 27.5.